The van der Waals surface area contributed by atoms with Crippen molar-refractivity contribution >= 4 is 21.6 Å². The smallest absolute Gasteiger partial charge is 0.261 e. The minimum Gasteiger partial charge on any atom is -0.349 e. The van der Waals surface area contributed by atoms with E-state index in [2.05, 4.69) is 10.0 Å². The van der Waals surface area contributed by atoms with Gasteiger partial charge in [-0.2, -0.15) is 0 Å². The number of rotatable bonds is 5. The van der Waals surface area contributed by atoms with Crippen LogP contribution in [0.15, 0.2) is 59.5 Å². The molecule has 1 aliphatic carbocycles. The van der Waals surface area contributed by atoms with Crippen molar-refractivity contribution in [2.24, 2.45) is 0 Å². The summed E-state index contributed by atoms with van der Waals surface area (Å²) in [4.78, 5) is 12.3. The zero-order valence-corrected chi connectivity index (χ0v) is 14.1. The molecule has 6 heteroatoms. The molecule has 126 valence electrons. The van der Waals surface area contributed by atoms with E-state index >= 15 is 0 Å². The second kappa shape index (κ2) is 7.05. The van der Waals surface area contributed by atoms with Crippen LogP contribution in [0.1, 0.15) is 36.0 Å². The van der Waals surface area contributed by atoms with Gasteiger partial charge in [0, 0.05) is 17.3 Å². The van der Waals surface area contributed by atoms with Gasteiger partial charge < -0.3 is 5.32 Å². The van der Waals surface area contributed by atoms with Crippen molar-refractivity contribution in [3.05, 3.63) is 60.2 Å². The van der Waals surface area contributed by atoms with Crippen LogP contribution in [-0.2, 0) is 10.0 Å². The van der Waals surface area contributed by atoms with Crippen LogP contribution >= 0.6 is 0 Å². The van der Waals surface area contributed by atoms with Gasteiger partial charge in [0.15, 0.2) is 0 Å². The van der Waals surface area contributed by atoms with Crippen LogP contribution < -0.4 is 10.0 Å². The Labute approximate surface area is 142 Å². The van der Waals surface area contributed by atoms with Crippen molar-refractivity contribution in [2.45, 2.75) is 36.6 Å². The van der Waals surface area contributed by atoms with Crippen molar-refractivity contribution in [2.75, 3.05) is 4.72 Å². The fourth-order valence-corrected chi connectivity index (χ4v) is 3.90. The SMILES string of the molecule is O=C(NC1CCCC1)c1ccc(S(=O)(=O)Nc2ccccc2)cc1. The maximum atomic E-state index is 12.3. The Bertz CT molecular complexity index is 796. The summed E-state index contributed by atoms with van der Waals surface area (Å²) in [5.74, 6) is -0.151. The number of carbonyl (C=O) groups is 1. The maximum absolute atomic E-state index is 12.3. The minimum atomic E-state index is -3.66. The summed E-state index contributed by atoms with van der Waals surface area (Å²) >= 11 is 0. The largest absolute Gasteiger partial charge is 0.349 e. The van der Waals surface area contributed by atoms with Crippen LogP contribution in [-0.4, -0.2) is 20.4 Å². The molecule has 1 fully saturated rings. The van der Waals surface area contributed by atoms with E-state index < -0.39 is 10.0 Å². The van der Waals surface area contributed by atoms with Gasteiger partial charge in [-0.3, -0.25) is 9.52 Å². The van der Waals surface area contributed by atoms with Crippen LogP contribution in [0.2, 0.25) is 0 Å². The molecule has 2 N–H and O–H groups in total. The first kappa shape index (κ1) is 16.5. The lowest BCUT2D eigenvalue weighted by molar-refractivity contribution is 0.0938. The van der Waals surface area contributed by atoms with E-state index in [0.29, 0.717) is 11.3 Å². The van der Waals surface area contributed by atoms with Crippen molar-refractivity contribution in [1.29, 1.82) is 0 Å². The molecule has 0 radical (unpaired) electrons. The standard InChI is InChI=1S/C18H20N2O3S/c21-18(19-15-6-4-5-7-15)14-10-12-17(13-11-14)24(22,23)20-16-8-2-1-3-9-16/h1-3,8-13,15,20H,4-7H2,(H,19,21). The zero-order valence-electron chi connectivity index (χ0n) is 13.2. The normalized spacial score (nSPS) is 15.2. The summed E-state index contributed by atoms with van der Waals surface area (Å²) in [5.41, 5.74) is 0.973. The summed E-state index contributed by atoms with van der Waals surface area (Å²) in [7, 11) is -3.66. The Morgan fingerprint density at radius 2 is 1.54 bits per heavy atom. The minimum absolute atomic E-state index is 0.128. The molecule has 0 unspecified atom stereocenters. The van der Waals surface area contributed by atoms with Gasteiger partial charge in [0.05, 0.1) is 4.90 Å². The Hall–Kier alpha value is -2.34. The summed E-state index contributed by atoms with van der Waals surface area (Å²) in [6.45, 7) is 0. The molecule has 2 aromatic carbocycles. The average Bonchev–Trinajstić information content (AvgIpc) is 3.08. The number of para-hydroxylation sites is 1. The van der Waals surface area contributed by atoms with Gasteiger partial charge in [0.2, 0.25) is 0 Å². The highest BCUT2D eigenvalue weighted by Gasteiger charge is 2.19. The van der Waals surface area contributed by atoms with Crippen molar-refractivity contribution in [3.63, 3.8) is 0 Å². The first-order valence-corrected chi connectivity index (χ1v) is 9.52. The molecular weight excluding hydrogens is 324 g/mol. The summed E-state index contributed by atoms with van der Waals surface area (Å²) in [6.07, 6.45) is 4.32. The summed E-state index contributed by atoms with van der Waals surface area (Å²) in [6, 6.07) is 14.9. The fraction of sp³-hybridized carbons (Fsp3) is 0.278. The van der Waals surface area contributed by atoms with E-state index in [1.165, 1.54) is 12.1 Å². The molecule has 1 aliphatic rings. The molecule has 1 amide bonds. The number of hydrogen-bond acceptors (Lipinski definition) is 3. The highest BCUT2D eigenvalue weighted by atomic mass is 32.2. The molecule has 5 nitrogen and oxygen atoms in total. The number of carbonyl (C=O) groups excluding carboxylic acids is 1. The van der Waals surface area contributed by atoms with E-state index in [1.807, 2.05) is 6.07 Å². The lowest BCUT2D eigenvalue weighted by Crippen LogP contribution is -2.32. The molecule has 2 aromatic rings. The van der Waals surface area contributed by atoms with Gasteiger partial charge in [-0.25, -0.2) is 8.42 Å². The Kier molecular flexibility index (Phi) is 4.85. The van der Waals surface area contributed by atoms with E-state index in [1.54, 1.807) is 36.4 Å². The molecule has 0 aliphatic heterocycles. The van der Waals surface area contributed by atoms with Crippen LogP contribution in [0.3, 0.4) is 0 Å². The third-order valence-electron chi connectivity index (χ3n) is 4.14. The van der Waals surface area contributed by atoms with Crippen molar-refractivity contribution < 1.29 is 13.2 Å². The molecule has 0 saturated heterocycles. The molecule has 24 heavy (non-hydrogen) atoms. The second-order valence-electron chi connectivity index (χ2n) is 5.95. The van der Waals surface area contributed by atoms with E-state index in [-0.39, 0.29) is 16.8 Å². The molecule has 3 rings (SSSR count). The van der Waals surface area contributed by atoms with Gasteiger partial charge in [-0.1, -0.05) is 31.0 Å². The van der Waals surface area contributed by atoms with Gasteiger partial charge in [0.1, 0.15) is 0 Å². The van der Waals surface area contributed by atoms with Crippen LogP contribution in [0.5, 0.6) is 0 Å². The quantitative estimate of drug-likeness (QED) is 0.875. The third kappa shape index (κ3) is 3.94. The lowest BCUT2D eigenvalue weighted by Gasteiger charge is -2.12. The number of benzene rings is 2. The zero-order chi connectivity index (χ0) is 17.0. The second-order valence-corrected chi connectivity index (χ2v) is 7.63. The van der Waals surface area contributed by atoms with E-state index in [9.17, 15) is 13.2 Å². The molecule has 0 atom stereocenters. The highest BCUT2D eigenvalue weighted by molar-refractivity contribution is 7.92. The predicted molar refractivity (Wildman–Crippen MR) is 93.4 cm³/mol. The van der Waals surface area contributed by atoms with Crippen LogP contribution in [0.4, 0.5) is 5.69 Å². The molecule has 0 aromatic heterocycles. The van der Waals surface area contributed by atoms with E-state index in [4.69, 9.17) is 0 Å². The Morgan fingerprint density at radius 1 is 0.917 bits per heavy atom. The van der Waals surface area contributed by atoms with Crippen LogP contribution in [0, 0.1) is 0 Å². The highest BCUT2D eigenvalue weighted by Crippen LogP contribution is 2.19. The first-order chi connectivity index (χ1) is 11.5. The monoisotopic (exact) mass is 344 g/mol. The number of amides is 1. The summed E-state index contributed by atoms with van der Waals surface area (Å²) < 4.78 is 27.2. The predicted octanol–water partition coefficient (Wildman–Crippen LogP) is 3.16. The first-order valence-electron chi connectivity index (χ1n) is 8.03. The molecule has 0 spiro atoms. The number of sulfonamides is 1. The number of anilines is 1. The maximum Gasteiger partial charge on any atom is 0.261 e. The number of nitrogens with one attached hydrogen (secondary N) is 2. The van der Waals surface area contributed by atoms with Gasteiger partial charge in [-0.15, -0.1) is 0 Å². The molecule has 0 heterocycles. The summed E-state index contributed by atoms with van der Waals surface area (Å²) in [5, 5.41) is 2.99. The van der Waals surface area contributed by atoms with Crippen molar-refractivity contribution in [1.82, 2.24) is 5.32 Å². The molecular formula is C18H20N2O3S. The van der Waals surface area contributed by atoms with E-state index in [0.717, 1.165) is 25.7 Å². The fourth-order valence-electron chi connectivity index (χ4n) is 2.84. The van der Waals surface area contributed by atoms with Crippen LogP contribution in [0.25, 0.3) is 0 Å². The van der Waals surface area contributed by atoms with Gasteiger partial charge in [-0.05, 0) is 49.2 Å². The topological polar surface area (TPSA) is 75.3 Å². The Balaban J connectivity index is 1.70. The van der Waals surface area contributed by atoms with Gasteiger partial charge in [0.25, 0.3) is 15.9 Å². The van der Waals surface area contributed by atoms with Gasteiger partial charge >= 0.3 is 0 Å². The number of hydrogen-bond donors (Lipinski definition) is 2. The molecule has 1 saturated carbocycles. The third-order valence-corrected chi connectivity index (χ3v) is 5.54. The lowest BCUT2D eigenvalue weighted by atomic mass is 10.2. The molecule has 0 bridgehead atoms. The Morgan fingerprint density at radius 3 is 2.17 bits per heavy atom. The average molecular weight is 344 g/mol. The van der Waals surface area contributed by atoms with Crippen molar-refractivity contribution in [3.8, 4) is 0 Å².